The van der Waals surface area contributed by atoms with Crippen LogP contribution in [0, 0.1) is 0 Å². The smallest absolute Gasteiger partial charge is 0.146 e. The largest absolute Gasteiger partial charge is 0.290 e. The second-order valence-corrected chi connectivity index (χ2v) is 5.59. The monoisotopic (exact) mass is 295 g/mol. The molecule has 3 heteroatoms. The Kier molecular flexibility index (Phi) is 2.50. The van der Waals surface area contributed by atoms with E-state index in [1.165, 1.54) is 5.39 Å². The molecule has 0 bridgehead atoms. The second kappa shape index (κ2) is 4.65. The standard InChI is InChI=1S/C20H13N3/c1-2-8-15-14(7-1)13-19(16-9-5-6-12-21-16)23-18-11-4-3-10-17(18)22-20(15)23/h1-13H. The predicted molar refractivity (Wildman–Crippen MR) is 93.4 cm³/mol. The van der Waals surface area contributed by atoms with Crippen molar-refractivity contribution in [2.45, 2.75) is 0 Å². The quantitative estimate of drug-likeness (QED) is 0.448. The van der Waals surface area contributed by atoms with Crippen molar-refractivity contribution in [2.75, 3.05) is 0 Å². The lowest BCUT2D eigenvalue weighted by Crippen LogP contribution is -1.95. The van der Waals surface area contributed by atoms with Crippen LogP contribution in [0.3, 0.4) is 0 Å². The average molecular weight is 295 g/mol. The van der Waals surface area contributed by atoms with E-state index in [0.29, 0.717) is 0 Å². The van der Waals surface area contributed by atoms with Crippen molar-refractivity contribution in [3.8, 4) is 11.4 Å². The Labute approximate surface area is 132 Å². The molecule has 0 aliphatic heterocycles. The van der Waals surface area contributed by atoms with Gasteiger partial charge in [-0.1, -0.05) is 42.5 Å². The molecule has 2 aromatic carbocycles. The number of benzene rings is 2. The number of aromatic nitrogens is 3. The van der Waals surface area contributed by atoms with E-state index in [2.05, 4.69) is 51.8 Å². The van der Waals surface area contributed by atoms with Gasteiger partial charge in [0.25, 0.3) is 0 Å². The molecule has 5 rings (SSSR count). The van der Waals surface area contributed by atoms with Gasteiger partial charge in [0.05, 0.1) is 22.4 Å². The van der Waals surface area contributed by atoms with E-state index in [9.17, 15) is 0 Å². The zero-order valence-corrected chi connectivity index (χ0v) is 12.3. The molecule has 108 valence electrons. The summed E-state index contributed by atoms with van der Waals surface area (Å²) in [7, 11) is 0. The summed E-state index contributed by atoms with van der Waals surface area (Å²) >= 11 is 0. The second-order valence-electron chi connectivity index (χ2n) is 5.59. The van der Waals surface area contributed by atoms with Gasteiger partial charge in [0, 0.05) is 11.6 Å². The van der Waals surface area contributed by atoms with Crippen molar-refractivity contribution < 1.29 is 0 Å². The first-order chi connectivity index (χ1) is 11.4. The van der Waals surface area contributed by atoms with E-state index >= 15 is 0 Å². The minimum Gasteiger partial charge on any atom is -0.290 e. The molecule has 0 amide bonds. The van der Waals surface area contributed by atoms with Gasteiger partial charge in [0.2, 0.25) is 0 Å². The highest BCUT2D eigenvalue weighted by Crippen LogP contribution is 2.30. The topological polar surface area (TPSA) is 30.2 Å². The Morgan fingerprint density at radius 2 is 1.61 bits per heavy atom. The average Bonchev–Trinajstić information content (AvgIpc) is 3.02. The maximum atomic E-state index is 4.86. The van der Waals surface area contributed by atoms with Gasteiger partial charge in [-0.15, -0.1) is 0 Å². The van der Waals surface area contributed by atoms with Crippen LogP contribution < -0.4 is 0 Å². The number of imidazole rings is 1. The molecule has 0 fully saturated rings. The fourth-order valence-electron chi connectivity index (χ4n) is 3.19. The minimum absolute atomic E-state index is 0.950. The molecule has 0 aliphatic carbocycles. The van der Waals surface area contributed by atoms with Crippen molar-refractivity contribution in [3.05, 3.63) is 79.0 Å². The number of fused-ring (bicyclic) bond motifs is 5. The molecule has 0 saturated carbocycles. The van der Waals surface area contributed by atoms with E-state index in [4.69, 9.17) is 4.98 Å². The van der Waals surface area contributed by atoms with Gasteiger partial charge in [-0.2, -0.15) is 0 Å². The summed E-state index contributed by atoms with van der Waals surface area (Å²) in [5, 5.41) is 2.33. The fourth-order valence-corrected chi connectivity index (χ4v) is 3.19. The van der Waals surface area contributed by atoms with Crippen LogP contribution in [0.15, 0.2) is 79.0 Å². The summed E-state index contributed by atoms with van der Waals surface area (Å²) in [6, 6.07) is 24.8. The van der Waals surface area contributed by atoms with E-state index in [1.54, 1.807) is 0 Å². The van der Waals surface area contributed by atoms with Crippen LogP contribution in [0.5, 0.6) is 0 Å². The molecule has 0 aliphatic rings. The molecule has 0 atom stereocenters. The number of pyridine rings is 2. The van der Waals surface area contributed by atoms with Crippen molar-refractivity contribution in [1.82, 2.24) is 14.4 Å². The fraction of sp³-hybridized carbons (Fsp3) is 0. The van der Waals surface area contributed by atoms with Crippen LogP contribution in [0.25, 0.3) is 38.8 Å². The van der Waals surface area contributed by atoms with Gasteiger partial charge in [-0.3, -0.25) is 9.38 Å². The van der Waals surface area contributed by atoms with Crippen molar-refractivity contribution >= 4 is 27.5 Å². The van der Waals surface area contributed by atoms with E-state index in [0.717, 1.165) is 33.5 Å². The molecule has 3 aromatic heterocycles. The summed E-state index contributed by atoms with van der Waals surface area (Å²) < 4.78 is 2.21. The molecule has 3 nitrogen and oxygen atoms in total. The number of rotatable bonds is 1. The third-order valence-electron chi connectivity index (χ3n) is 4.22. The third-order valence-corrected chi connectivity index (χ3v) is 4.22. The molecular weight excluding hydrogens is 282 g/mol. The first-order valence-corrected chi connectivity index (χ1v) is 7.62. The SMILES string of the molecule is c1ccc(-c2cc3ccccc3c3nc4ccccc4n23)nc1. The maximum Gasteiger partial charge on any atom is 0.146 e. The van der Waals surface area contributed by atoms with Gasteiger partial charge in [-0.25, -0.2) is 4.98 Å². The summed E-state index contributed by atoms with van der Waals surface area (Å²) in [6.07, 6.45) is 1.83. The lowest BCUT2D eigenvalue weighted by Gasteiger charge is -2.09. The molecule has 0 spiro atoms. The normalized spacial score (nSPS) is 11.5. The molecule has 5 aromatic rings. The van der Waals surface area contributed by atoms with Gasteiger partial charge >= 0.3 is 0 Å². The number of hydrogen-bond donors (Lipinski definition) is 0. The van der Waals surface area contributed by atoms with Gasteiger partial charge < -0.3 is 0 Å². The Balaban J connectivity index is 2.06. The van der Waals surface area contributed by atoms with Crippen LogP contribution >= 0.6 is 0 Å². The molecular formula is C20H13N3. The Bertz CT molecular complexity index is 1160. The Morgan fingerprint density at radius 1 is 0.783 bits per heavy atom. The third kappa shape index (κ3) is 1.77. The summed E-state index contributed by atoms with van der Waals surface area (Å²) in [4.78, 5) is 9.41. The van der Waals surface area contributed by atoms with Crippen LogP contribution in [-0.4, -0.2) is 14.4 Å². The lowest BCUT2D eigenvalue weighted by molar-refractivity contribution is 1.20. The van der Waals surface area contributed by atoms with Crippen LogP contribution in [0.4, 0.5) is 0 Å². The van der Waals surface area contributed by atoms with Crippen molar-refractivity contribution in [1.29, 1.82) is 0 Å². The first kappa shape index (κ1) is 12.4. The highest BCUT2D eigenvalue weighted by Gasteiger charge is 2.13. The zero-order chi connectivity index (χ0) is 15.2. The van der Waals surface area contributed by atoms with E-state index < -0.39 is 0 Å². The van der Waals surface area contributed by atoms with E-state index in [1.807, 2.05) is 36.5 Å². The van der Waals surface area contributed by atoms with Crippen LogP contribution in [-0.2, 0) is 0 Å². The molecule has 0 radical (unpaired) electrons. The van der Waals surface area contributed by atoms with Gasteiger partial charge in [0.15, 0.2) is 0 Å². The number of para-hydroxylation sites is 2. The minimum atomic E-state index is 0.950. The zero-order valence-electron chi connectivity index (χ0n) is 12.3. The van der Waals surface area contributed by atoms with Crippen molar-refractivity contribution in [3.63, 3.8) is 0 Å². The lowest BCUT2D eigenvalue weighted by atomic mass is 10.1. The van der Waals surface area contributed by atoms with Crippen LogP contribution in [0.2, 0.25) is 0 Å². The van der Waals surface area contributed by atoms with Gasteiger partial charge in [0.1, 0.15) is 5.65 Å². The van der Waals surface area contributed by atoms with E-state index in [-0.39, 0.29) is 0 Å². The molecule has 3 heterocycles. The maximum absolute atomic E-state index is 4.86. The summed E-state index contributed by atoms with van der Waals surface area (Å²) in [6.45, 7) is 0. The number of hydrogen-bond acceptors (Lipinski definition) is 2. The predicted octanol–water partition coefficient (Wildman–Crippen LogP) is 4.70. The molecule has 0 unspecified atom stereocenters. The summed E-state index contributed by atoms with van der Waals surface area (Å²) in [5.41, 5.74) is 5.10. The number of nitrogens with zero attached hydrogens (tertiary/aromatic N) is 3. The molecule has 0 saturated heterocycles. The van der Waals surface area contributed by atoms with Crippen molar-refractivity contribution in [2.24, 2.45) is 0 Å². The Hall–Kier alpha value is -3.20. The summed E-state index contributed by atoms with van der Waals surface area (Å²) in [5.74, 6) is 0. The first-order valence-electron chi connectivity index (χ1n) is 7.62. The highest BCUT2D eigenvalue weighted by atomic mass is 15.0. The molecule has 23 heavy (non-hydrogen) atoms. The highest BCUT2D eigenvalue weighted by molar-refractivity contribution is 6.00. The molecule has 0 N–H and O–H groups in total. The van der Waals surface area contributed by atoms with Gasteiger partial charge in [-0.05, 0) is 35.7 Å². The Morgan fingerprint density at radius 3 is 2.52 bits per heavy atom. The van der Waals surface area contributed by atoms with Crippen LogP contribution in [0.1, 0.15) is 0 Å².